The van der Waals surface area contributed by atoms with E-state index >= 15 is 0 Å². The van der Waals surface area contributed by atoms with Gasteiger partial charge in [-0.05, 0) is 36.4 Å². The molecule has 1 fully saturated rings. The van der Waals surface area contributed by atoms with E-state index in [4.69, 9.17) is 0 Å². The molecule has 2 heterocycles. The number of hydrogen-bond acceptors (Lipinski definition) is 5. The van der Waals surface area contributed by atoms with Crippen molar-refractivity contribution in [1.29, 1.82) is 0 Å². The van der Waals surface area contributed by atoms with Crippen LogP contribution in [0.2, 0.25) is 0 Å². The highest BCUT2D eigenvalue weighted by atomic mass is 32.2. The maximum absolute atomic E-state index is 13.6. The van der Waals surface area contributed by atoms with Gasteiger partial charge in [0, 0.05) is 19.0 Å². The number of carbonyl (C=O) groups is 2. The molecule has 0 saturated carbocycles. The van der Waals surface area contributed by atoms with Crippen LogP contribution in [-0.2, 0) is 14.8 Å². The van der Waals surface area contributed by atoms with Crippen molar-refractivity contribution in [2.45, 2.75) is 17.1 Å². The van der Waals surface area contributed by atoms with Gasteiger partial charge in [0.15, 0.2) is 0 Å². The highest BCUT2D eigenvalue weighted by Gasteiger charge is 2.32. The van der Waals surface area contributed by atoms with Gasteiger partial charge in [-0.2, -0.15) is 4.31 Å². The number of sulfonamides is 1. The van der Waals surface area contributed by atoms with Gasteiger partial charge in [0.25, 0.3) is 15.9 Å². The third kappa shape index (κ3) is 4.34. The van der Waals surface area contributed by atoms with Crippen LogP contribution in [0, 0.1) is 11.7 Å². The van der Waals surface area contributed by atoms with Crippen LogP contribution in [0.3, 0.4) is 0 Å². The van der Waals surface area contributed by atoms with Crippen molar-refractivity contribution in [2.24, 2.45) is 5.92 Å². The van der Waals surface area contributed by atoms with E-state index in [1.54, 1.807) is 17.5 Å². The quantitative estimate of drug-likeness (QED) is 0.750. The highest BCUT2D eigenvalue weighted by molar-refractivity contribution is 7.91. The molecule has 1 aliphatic heterocycles. The first kappa shape index (κ1) is 19.5. The number of benzene rings is 1. The molecular formula is C17H18FN3O4S2. The molecule has 10 heteroatoms. The predicted molar refractivity (Wildman–Crippen MR) is 97.8 cm³/mol. The van der Waals surface area contributed by atoms with Gasteiger partial charge in [0.2, 0.25) is 5.91 Å². The Morgan fingerprint density at radius 2 is 1.78 bits per heavy atom. The van der Waals surface area contributed by atoms with E-state index in [0.717, 1.165) is 17.4 Å². The zero-order valence-electron chi connectivity index (χ0n) is 14.2. The first-order chi connectivity index (χ1) is 12.9. The Hall–Kier alpha value is -2.30. The van der Waals surface area contributed by atoms with Gasteiger partial charge < -0.3 is 0 Å². The summed E-state index contributed by atoms with van der Waals surface area (Å²) in [7, 11) is -3.53. The van der Waals surface area contributed by atoms with Crippen LogP contribution in [-0.4, -0.2) is 37.6 Å². The minimum atomic E-state index is -3.53. The van der Waals surface area contributed by atoms with E-state index in [-0.39, 0.29) is 22.9 Å². The fraction of sp³-hybridized carbons (Fsp3) is 0.294. The minimum Gasteiger partial charge on any atom is -0.273 e. The number of nitrogens with zero attached hydrogens (tertiary/aromatic N) is 1. The lowest BCUT2D eigenvalue weighted by Crippen LogP contribution is -2.48. The molecule has 2 aromatic rings. The average Bonchev–Trinajstić information content (AvgIpc) is 3.22. The molecule has 7 nitrogen and oxygen atoms in total. The van der Waals surface area contributed by atoms with Crippen LogP contribution < -0.4 is 10.9 Å². The Morgan fingerprint density at radius 3 is 2.41 bits per heavy atom. The summed E-state index contributed by atoms with van der Waals surface area (Å²) in [5, 5.41) is 1.70. The monoisotopic (exact) mass is 411 g/mol. The lowest BCUT2D eigenvalue weighted by atomic mass is 9.98. The molecule has 1 aromatic carbocycles. The fourth-order valence-corrected chi connectivity index (χ4v) is 5.44. The van der Waals surface area contributed by atoms with E-state index in [2.05, 4.69) is 10.9 Å². The Labute approximate surface area is 160 Å². The van der Waals surface area contributed by atoms with Crippen LogP contribution in [0.4, 0.5) is 4.39 Å². The second-order valence-corrected chi connectivity index (χ2v) is 9.15. The molecule has 0 radical (unpaired) electrons. The van der Waals surface area contributed by atoms with E-state index < -0.39 is 33.6 Å². The second kappa shape index (κ2) is 8.15. The minimum absolute atomic E-state index is 0.172. The molecule has 2 N–H and O–H groups in total. The summed E-state index contributed by atoms with van der Waals surface area (Å²) in [5.74, 6) is -2.29. The molecule has 27 heavy (non-hydrogen) atoms. The van der Waals surface area contributed by atoms with Crippen molar-refractivity contribution in [3.05, 3.63) is 53.2 Å². The maximum Gasteiger partial charge on any atom is 0.272 e. The molecule has 3 rings (SSSR count). The third-order valence-corrected chi connectivity index (χ3v) is 7.60. The second-order valence-electron chi connectivity index (χ2n) is 6.03. The third-order valence-electron chi connectivity index (χ3n) is 4.33. The summed E-state index contributed by atoms with van der Waals surface area (Å²) in [4.78, 5) is 24.1. The number of rotatable bonds is 4. The average molecular weight is 411 g/mol. The van der Waals surface area contributed by atoms with Crippen molar-refractivity contribution in [2.75, 3.05) is 13.1 Å². The smallest absolute Gasteiger partial charge is 0.272 e. The summed E-state index contributed by atoms with van der Waals surface area (Å²) in [6, 6.07) is 8.67. The van der Waals surface area contributed by atoms with Crippen LogP contribution in [0.15, 0.2) is 46.0 Å². The normalized spacial score (nSPS) is 16.0. The van der Waals surface area contributed by atoms with E-state index in [9.17, 15) is 22.4 Å². The predicted octanol–water partition coefficient (Wildman–Crippen LogP) is 1.75. The number of piperidine rings is 1. The zero-order chi connectivity index (χ0) is 19.4. The van der Waals surface area contributed by atoms with E-state index in [1.165, 1.54) is 22.5 Å². The van der Waals surface area contributed by atoms with Crippen molar-refractivity contribution >= 4 is 33.2 Å². The number of hydrazine groups is 1. The van der Waals surface area contributed by atoms with Crippen molar-refractivity contribution in [3.8, 4) is 0 Å². The molecule has 1 aliphatic rings. The molecule has 1 aromatic heterocycles. The largest absolute Gasteiger partial charge is 0.273 e. The van der Waals surface area contributed by atoms with Gasteiger partial charge >= 0.3 is 0 Å². The number of halogens is 1. The van der Waals surface area contributed by atoms with Crippen LogP contribution in [0.5, 0.6) is 0 Å². The Balaban J connectivity index is 1.52. The number of nitrogens with one attached hydrogen (secondary N) is 2. The Kier molecular flexibility index (Phi) is 5.88. The van der Waals surface area contributed by atoms with E-state index in [1.807, 2.05) is 0 Å². The van der Waals surface area contributed by atoms with Crippen LogP contribution in [0.1, 0.15) is 23.2 Å². The molecular weight excluding hydrogens is 393 g/mol. The molecule has 2 amide bonds. The SMILES string of the molecule is O=C(NNC(=O)C1CCN(S(=O)(=O)c2cccs2)CC1)c1ccccc1F. The van der Waals surface area contributed by atoms with Crippen molar-refractivity contribution in [3.63, 3.8) is 0 Å². The summed E-state index contributed by atoms with van der Waals surface area (Å²) >= 11 is 1.15. The van der Waals surface area contributed by atoms with Gasteiger partial charge in [-0.25, -0.2) is 12.8 Å². The highest BCUT2D eigenvalue weighted by Crippen LogP contribution is 2.26. The molecule has 0 unspecified atom stereocenters. The van der Waals surface area contributed by atoms with Gasteiger partial charge in [0.05, 0.1) is 5.56 Å². The number of amides is 2. The maximum atomic E-state index is 13.6. The Bertz CT molecular complexity index is 923. The first-order valence-corrected chi connectivity index (χ1v) is 10.6. The summed E-state index contributed by atoms with van der Waals surface area (Å²) < 4.78 is 40.1. The Morgan fingerprint density at radius 1 is 1.07 bits per heavy atom. The van der Waals surface area contributed by atoms with Crippen molar-refractivity contribution in [1.82, 2.24) is 15.2 Å². The molecule has 0 bridgehead atoms. The van der Waals surface area contributed by atoms with Gasteiger partial charge in [-0.15, -0.1) is 11.3 Å². The molecule has 144 valence electrons. The topological polar surface area (TPSA) is 95.6 Å². The molecule has 0 spiro atoms. The lowest BCUT2D eigenvalue weighted by Gasteiger charge is -2.30. The van der Waals surface area contributed by atoms with Gasteiger partial charge in [0.1, 0.15) is 10.0 Å². The van der Waals surface area contributed by atoms with Crippen LogP contribution >= 0.6 is 11.3 Å². The molecule has 0 aliphatic carbocycles. The molecule has 0 atom stereocenters. The number of thiophene rings is 1. The van der Waals surface area contributed by atoms with Gasteiger partial charge in [-0.1, -0.05) is 18.2 Å². The summed E-state index contributed by atoms with van der Waals surface area (Å²) in [6.45, 7) is 0.444. The fourth-order valence-electron chi connectivity index (χ4n) is 2.83. The first-order valence-electron chi connectivity index (χ1n) is 8.28. The lowest BCUT2D eigenvalue weighted by molar-refractivity contribution is -0.126. The summed E-state index contributed by atoms with van der Waals surface area (Å²) in [5.41, 5.74) is 4.31. The standard InChI is InChI=1S/C17H18FN3O4S2/c18-14-5-2-1-4-13(14)17(23)20-19-16(22)12-7-9-21(10-8-12)27(24,25)15-6-3-11-26-15/h1-6,11-12H,7-10H2,(H,19,22)(H,20,23). The number of hydrogen-bond donors (Lipinski definition) is 2. The molecule has 1 saturated heterocycles. The van der Waals surface area contributed by atoms with Crippen molar-refractivity contribution < 1.29 is 22.4 Å². The van der Waals surface area contributed by atoms with Crippen LogP contribution in [0.25, 0.3) is 0 Å². The van der Waals surface area contributed by atoms with Gasteiger partial charge in [-0.3, -0.25) is 20.4 Å². The van der Waals surface area contributed by atoms with E-state index in [0.29, 0.717) is 12.8 Å². The number of carbonyl (C=O) groups excluding carboxylic acids is 2. The summed E-state index contributed by atoms with van der Waals surface area (Å²) in [6.07, 6.45) is 0.679. The zero-order valence-corrected chi connectivity index (χ0v) is 15.9.